The Balaban J connectivity index is 1.45. The van der Waals surface area contributed by atoms with Gasteiger partial charge in [0.25, 0.3) is 10.0 Å². The predicted molar refractivity (Wildman–Crippen MR) is 130 cm³/mol. The molecule has 7 nitrogen and oxygen atoms in total. The number of amides is 1. The molecule has 3 aromatic heterocycles. The molecule has 9 heteroatoms. The van der Waals surface area contributed by atoms with Crippen LogP contribution in [0.2, 0.25) is 0 Å². The van der Waals surface area contributed by atoms with Crippen LogP contribution in [0.25, 0.3) is 16.9 Å². The third kappa shape index (κ3) is 4.19. The van der Waals surface area contributed by atoms with E-state index < -0.39 is 15.9 Å². The van der Waals surface area contributed by atoms with Crippen LogP contribution < -0.4 is 5.32 Å². The number of sulfonamides is 1. The number of thiophene rings is 1. The Bertz CT molecular complexity index is 1400. The molecule has 33 heavy (non-hydrogen) atoms. The summed E-state index contributed by atoms with van der Waals surface area (Å²) >= 11 is 1.20. The highest BCUT2D eigenvalue weighted by atomic mass is 32.2. The number of nitrogens with one attached hydrogen (secondary N) is 1. The largest absolute Gasteiger partial charge is 0.310 e. The van der Waals surface area contributed by atoms with E-state index in [2.05, 4.69) is 5.32 Å². The fourth-order valence-electron chi connectivity index (χ4n) is 4.20. The van der Waals surface area contributed by atoms with Crippen molar-refractivity contribution < 1.29 is 13.2 Å². The first-order valence-electron chi connectivity index (χ1n) is 10.8. The Morgan fingerprint density at radius 3 is 2.70 bits per heavy atom. The Labute approximate surface area is 196 Å². The van der Waals surface area contributed by atoms with Crippen molar-refractivity contribution in [2.24, 2.45) is 5.92 Å². The van der Waals surface area contributed by atoms with E-state index in [1.807, 2.05) is 60.0 Å². The van der Waals surface area contributed by atoms with Gasteiger partial charge in [-0.25, -0.2) is 13.4 Å². The van der Waals surface area contributed by atoms with E-state index in [4.69, 9.17) is 4.98 Å². The van der Waals surface area contributed by atoms with Gasteiger partial charge >= 0.3 is 0 Å². The first-order valence-corrected chi connectivity index (χ1v) is 13.1. The van der Waals surface area contributed by atoms with Gasteiger partial charge in [0, 0.05) is 24.8 Å². The highest BCUT2D eigenvalue weighted by molar-refractivity contribution is 7.91. The number of fused-ring (bicyclic) bond motifs is 1. The van der Waals surface area contributed by atoms with E-state index in [-0.39, 0.29) is 12.5 Å². The van der Waals surface area contributed by atoms with Gasteiger partial charge in [-0.2, -0.15) is 4.31 Å². The number of aryl methyl sites for hydroxylation is 1. The van der Waals surface area contributed by atoms with Crippen molar-refractivity contribution in [3.05, 3.63) is 71.7 Å². The molecule has 0 radical (unpaired) electrons. The lowest BCUT2D eigenvalue weighted by molar-refractivity contribution is -0.120. The number of pyridine rings is 1. The molecule has 1 atom stereocenters. The standard InChI is InChI=1S/C24H24N4O3S2/c1-17-11-12-20-25-22(18-7-3-2-4-8-18)23(28(20)15-17)26-24(29)19-9-5-13-27(16-19)33(30,31)21-10-6-14-32-21/h2-4,6-8,10-12,14-15,19H,5,9,13,16H2,1H3,(H,26,29)/t19-/m1/s1. The van der Waals surface area contributed by atoms with Gasteiger partial charge in [-0.15, -0.1) is 11.3 Å². The van der Waals surface area contributed by atoms with E-state index in [0.29, 0.717) is 35.1 Å². The van der Waals surface area contributed by atoms with Crippen molar-refractivity contribution in [3.8, 4) is 11.3 Å². The van der Waals surface area contributed by atoms with Gasteiger partial charge in [-0.3, -0.25) is 9.20 Å². The molecule has 5 rings (SSSR count). The first-order chi connectivity index (χ1) is 15.9. The maximum Gasteiger partial charge on any atom is 0.252 e. The lowest BCUT2D eigenvalue weighted by Gasteiger charge is -2.30. The van der Waals surface area contributed by atoms with Crippen LogP contribution in [0, 0.1) is 12.8 Å². The van der Waals surface area contributed by atoms with E-state index in [9.17, 15) is 13.2 Å². The average Bonchev–Trinajstić information content (AvgIpc) is 3.49. The first kappa shape index (κ1) is 21.8. The minimum absolute atomic E-state index is 0.169. The molecule has 0 spiro atoms. The molecule has 0 aliphatic carbocycles. The normalized spacial score (nSPS) is 17.3. The molecule has 1 aliphatic heterocycles. The van der Waals surface area contributed by atoms with E-state index in [0.717, 1.165) is 16.8 Å². The molecule has 1 saturated heterocycles. The smallest absolute Gasteiger partial charge is 0.252 e. The van der Waals surface area contributed by atoms with Crippen LogP contribution in [0.5, 0.6) is 0 Å². The molecule has 1 aliphatic rings. The zero-order valence-electron chi connectivity index (χ0n) is 18.1. The number of anilines is 1. The second-order valence-electron chi connectivity index (χ2n) is 8.23. The zero-order chi connectivity index (χ0) is 23.0. The molecule has 1 fully saturated rings. The number of rotatable bonds is 5. The molecule has 4 aromatic rings. The second kappa shape index (κ2) is 8.74. The number of carbonyl (C=O) groups excluding carboxylic acids is 1. The van der Waals surface area contributed by atoms with Crippen LogP contribution in [0.3, 0.4) is 0 Å². The Morgan fingerprint density at radius 1 is 1.12 bits per heavy atom. The summed E-state index contributed by atoms with van der Waals surface area (Å²) in [5.74, 6) is -0.0304. The summed E-state index contributed by atoms with van der Waals surface area (Å²) in [5, 5.41) is 4.83. The summed E-state index contributed by atoms with van der Waals surface area (Å²) in [6.45, 7) is 2.58. The number of nitrogens with zero attached hydrogens (tertiary/aromatic N) is 3. The van der Waals surface area contributed by atoms with E-state index in [1.54, 1.807) is 17.5 Å². The van der Waals surface area contributed by atoms with Gasteiger partial charge in [0.05, 0.1) is 5.92 Å². The summed E-state index contributed by atoms with van der Waals surface area (Å²) in [5.41, 5.74) is 3.37. The van der Waals surface area contributed by atoms with Crippen molar-refractivity contribution in [1.29, 1.82) is 0 Å². The molecular weight excluding hydrogens is 456 g/mol. The van der Waals surface area contributed by atoms with Crippen LogP contribution in [0.15, 0.2) is 70.4 Å². The van der Waals surface area contributed by atoms with Crippen LogP contribution in [-0.4, -0.2) is 41.1 Å². The molecule has 1 amide bonds. The lowest BCUT2D eigenvalue weighted by atomic mass is 9.99. The van der Waals surface area contributed by atoms with Gasteiger partial charge in [0.1, 0.15) is 21.4 Å². The SMILES string of the molecule is Cc1ccc2nc(-c3ccccc3)c(NC(=O)[C@@H]3CCCN(S(=O)(=O)c4cccs4)C3)n2c1. The Morgan fingerprint density at radius 2 is 1.94 bits per heavy atom. The number of benzene rings is 1. The Kier molecular flexibility index (Phi) is 5.77. The monoisotopic (exact) mass is 480 g/mol. The third-order valence-electron chi connectivity index (χ3n) is 5.90. The molecule has 0 saturated carbocycles. The van der Waals surface area contributed by atoms with Gasteiger partial charge < -0.3 is 5.32 Å². The topological polar surface area (TPSA) is 83.8 Å². The molecule has 1 N–H and O–H groups in total. The highest BCUT2D eigenvalue weighted by Crippen LogP contribution is 2.31. The van der Waals surface area contributed by atoms with Crippen molar-refractivity contribution >= 4 is 38.7 Å². The fraction of sp³-hybridized carbons (Fsp3) is 0.250. The fourth-order valence-corrected chi connectivity index (χ4v) is 6.87. The van der Waals surface area contributed by atoms with Gasteiger partial charge in [0.2, 0.25) is 5.91 Å². The number of hydrogen-bond acceptors (Lipinski definition) is 5. The van der Waals surface area contributed by atoms with Crippen LogP contribution in [0.1, 0.15) is 18.4 Å². The minimum Gasteiger partial charge on any atom is -0.310 e. The second-order valence-corrected chi connectivity index (χ2v) is 11.3. The Hall–Kier alpha value is -3.01. The third-order valence-corrected chi connectivity index (χ3v) is 9.14. The maximum absolute atomic E-state index is 13.4. The van der Waals surface area contributed by atoms with Gasteiger partial charge in [-0.1, -0.05) is 42.5 Å². The summed E-state index contributed by atoms with van der Waals surface area (Å²) in [7, 11) is -3.58. The van der Waals surface area contributed by atoms with Crippen molar-refractivity contribution in [2.75, 3.05) is 18.4 Å². The molecule has 1 aromatic carbocycles. The number of hydrogen-bond donors (Lipinski definition) is 1. The quantitative estimate of drug-likeness (QED) is 0.459. The van der Waals surface area contributed by atoms with Gasteiger partial charge in [0.15, 0.2) is 0 Å². The maximum atomic E-state index is 13.4. The molecule has 170 valence electrons. The number of aromatic nitrogens is 2. The summed E-state index contributed by atoms with van der Waals surface area (Å²) in [6, 6.07) is 17.0. The number of imidazole rings is 1. The van der Waals surface area contributed by atoms with Crippen molar-refractivity contribution in [3.63, 3.8) is 0 Å². The number of piperidine rings is 1. The highest BCUT2D eigenvalue weighted by Gasteiger charge is 2.34. The zero-order valence-corrected chi connectivity index (χ0v) is 19.8. The summed E-state index contributed by atoms with van der Waals surface area (Å²) < 4.78 is 29.6. The molecule has 0 unspecified atom stereocenters. The van der Waals surface area contributed by atoms with Crippen LogP contribution in [-0.2, 0) is 14.8 Å². The van der Waals surface area contributed by atoms with Gasteiger partial charge in [-0.05, 0) is 42.8 Å². The predicted octanol–water partition coefficient (Wildman–Crippen LogP) is 4.41. The lowest BCUT2D eigenvalue weighted by Crippen LogP contribution is -2.43. The molecular formula is C24H24N4O3S2. The summed E-state index contributed by atoms with van der Waals surface area (Å²) in [4.78, 5) is 18.1. The van der Waals surface area contributed by atoms with Crippen molar-refractivity contribution in [1.82, 2.24) is 13.7 Å². The van der Waals surface area contributed by atoms with E-state index >= 15 is 0 Å². The molecule has 4 heterocycles. The van der Waals surface area contributed by atoms with Crippen LogP contribution in [0.4, 0.5) is 5.82 Å². The van der Waals surface area contributed by atoms with Crippen LogP contribution >= 0.6 is 11.3 Å². The molecule has 0 bridgehead atoms. The average molecular weight is 481 g/mol. The minimum atomic E-state index is -3.58. The van der Waals surface area contributed by atoms with E-state index in [1.165, 1.54) is 15.6 Å². The van der Waals surface area contributed by atoms with Crippen molar-refractivity contribution in [2.45, 2.75) is 24.0 Å². The number of carbonyl (C=O) groups is 1. The summed E-state index contributed by atoms with van der Waals surface area (Å²) in [6.07, 6.45) is 3.22.